The van der Waals surface area contributed by atoms with Crippen molar-refractivity contribution in [2.45, 2.75) is 19.3 Å². The first kappa shape index (κ1) is 36.1. The Morgan fingerprint density at radius 1 is 0.516 bits per heavy atom. The van der Waals surface area contributed by atoms with Gasteiger partial charge in [0.15, 0.2) is 0 Å². The minimum absolute atomic E-state index is 0.0216. The van der Waals surface area contributed by atoms with Gasteiger partial charge in [0.25, 0.3) is 0 Å². The van der Waals surface area contributed by atoms with Crippen molar-refractivity contribution >= 4 is 74.6 Å². The van der Waals surface area contributed by atoms with Gasteiger partial charge in [-0.05, 0) is 130 Å². The Balaban J connectivity index is 1.22. The summed E-state index contributed by atoms with van der Waals surface area (Å²) < 4.78 is 0. The molecule has 0 N–H and O–H groups in total. The molecule has 0 unspecified atom stereocenters. The highest BCUT2D eigenvalue weighted by Crippen LogP contribution is 2.62. The normalized spacial score (nSPS) is 14.2. The number of allylic oxidation sites excluding steroid dienone is 3. The summed E-state index contributed by atoms with van der Waals surface area (Å²) in [6.45, 7) is 13.2. The van der Waals surface area contributed by atoms with Crippen LogP contribution in [0.1, 0.15) is 25.0 Å². The Morgan fingerprint density at radius 3 is 1.52 bits per heavy atom. The van der Waals surface area contributed by atoms with Crippen molar-refractivity contribution < 1.29 is 0 Å². The van der Waals surface area contributed by atoms with Gasteiger partial charge in [-0.1, -0.05) is 130 Å². The van der Waals surface area contributed by atoms with Crippen molar-refractivity contribution in [3.8, 4) is 22.3 Å². The standard InChI is InChI=1S/C57H43BN4/c1-5-21-38(6-2)59(39-22-11-7-12-23-39)43-34-47-45-30-19-32-51-53(45)58-54-46(31-20-33-52(54)61(51)42-28-17-10-18-29-42)48-35-44(37-50-56(48)62(58)55(47)49(36-43)57(50,3)4)60(40-24-13-8-14-25-40)41-26-15-9-16-27-41/h5-37H,1-2H2,3-4H3/b38-21+. The Hall–Kier alpha value is -7.76. The van der Waals surface area contributed by atoms with Gasteiger partial charge in [-0.3, -0.25) is 0 Å². The predicted octanol–water partition coefficient (Wildman–Crippen LogP) is 13.9. The molecule has 294 valence electrons. The fourth-order valence-electron chi connectivity index (χ4n) is 10.8. The van der Waals surface area contributed by atoms with Crippen molar-refractivity contribution in [3.63, 3.8) is 0 Å². The van der Waals surface area contributed by atoms with Crippen LogP contribution in [-0.2, 0) is 5.41 Å². The molecule has 0 fully saturated rings. The Morgan fingerprint density at radius 2 is 1.00 bits per heavy atom. The Bertz CT molecular complexity index is 3120. The van der Waals surface area contributed by atoms with E-state index >= 15 is 0 Å². The lowest BCUT2D eigenvalue weighted by molar-refractivity contribution is 0.634. The van der Waals surface area contributed by atoms with Crippen molar-refractivity contribution in [1.29, 1.82) is 0 Å². The minimum atomic E-state index is -0.413. The van der Waals surface area contributed by atoms with Crippen LogP contribution in [0, 0.1) is 0 Å². The number of fused-ring (bicyclic) bond motifs is 2. The van der Waals surface area contributed by atoms with Gasteiger partial charge in [0.1, 0.15) is 0 Å². The van der Waals surface area contributed by atoms with E-state index in [2.05, 4.69) is 229 Å². The molecule has 8 aromatic rings. The fraction of sp³-hybridized carbons (Fsp3) is 0.0526. The second-order valence-electron chi connectivity index (χ2n) is 17.0. The van der Waals surface area contributed by atoms with Crippen molar-refractivity contribution in [3.05, 3.63) is 230 Å². The summed E-state index contributed by atoms with van der Waals surface area (Å²) in [5.41, 5.74) is 22.5. The molecule has 0 spiro atoms. The van der Waals surface area contributed by atoms with E-state index in [4.69, 9.17) is 0 Å². The first-order valence-electron chi connectivity index (χ1n) is 21.5. The number of hydrogen-bond donors (Lipinski definition) is 0. The van der Waals surface area contributed by atoms with Crippen LogP contribution >= 0.6 is 0 Å². The lowest BCUT2D eigenvalue weighted by atomic mass is 9.40. The lowest BCUT2D eigenvalue weighted by Gasteiger charge is -2.54. The van der Waals surface area contributed by atoms with Gasteiger partial charge in [-0.15, -0.1) is 0 Å². The summed E-state index contributed by atoms with van der Waals surface area (Å²) in [6.07, 6.45) is 5.83. The summed E-state index contributed by atoms with van der Waals surface area (Å²) >= 11 is 0. The van der Waals surface area contributed by atoms with E-state index in [0.29, 0.717) is 0 Å². The molecule has 0 radical (unpaired) electrons. The first-order chi connectivity index (χ1) is 30.5. The van der Waals surface area contributed by atoms with Gasteiger partial charge in [0, 0.05) is 79.1 Å². The molecule has 4 heterocycles. The number of anilines is 10. The number of hydrogen-bond acceptors (Lipinski definition) is 4. The minimum Gasteiger partial charge on any atom is -0.375 e. The van der Waals surface area contributed by atoms with E-state index in [1.807, 2.05) is 18.2 Å². The zero-order chi connectivity index (χ0) is 41.7. The van der Waals surface area contributed by atoms with Crippen molar-refractivity contribution in [2.75, 3.05) is 19.5 Å². The molecule has 12 rings (SSSR count). The maximum atomic E-state index is 4.30. The summed E-state index contributed by atoms with van der Waals surface area (Å²) in [5, 5.41) is 0. The van der Waals surface area contributed by atoms with Gasteiger partial charge in [0.2, 0.25) is 0 Å². The van der Waals surface area contributed by atoms with Crippen LogP contribution in [0.5, 0.6) is 0 Å². The predicted molar refractivity (Wildman–Crippen MR) is 263 cm³/mol. The zero-order valence-corrected chi connectivity index (χ0v) is 34.8. The van der Waals surface area contributed by atoms with Crippen molar-refractivity contribution in [1.82, 2.24) is 0 Å². The zero-order valence-electron chi connectivity index (χ0n) is 34.8. The highest BCUT2D eigenvalue weighted by molar-refractivity contribution is 6.95. The molecule has 0 bridgehead atoms. The quantitative estimate of drug-likeness (QED) is 0.107. The van der Waals surface area contributed by atoms with Crippen LogP contribution in [0.25, 0.3) is 22.3 Å². The van der Waals surface area contributed by atoms with Gasteiger partial charge >= 0.3 is 6.85 Å². The second kappa shape index (κ2) is 13.6. The molecule has 0 aromatic heterocycles. The van der Waals surface area contributed by atoms with E-state index in [-0.39, 0.29) is 6.85 Å². The molecule has 4 aliphatic rings. The molecule has 0 atom stereocenters. The van der Waals surface area contributed by atoms with Crippen LogP contribution in [0.3, 0.4) is 0 Å². The second-order valence-corrected chi connectivity index (χ2v) is 17.0. The van der Waals surface area contributed by atoms with E-state index in [9.17, 15) is 0 Å². The maximum absolute atomic E-state index is 4.30. The van der Waals surface area contributed by atoms with Gasteiger partial charge < -0.3 is 19.5 Å². The van der Waals surface area contributed by atoms with Gasteiger partial charge in [-0.2, -0.15) is 0 Å². The Kier molecular flexibility index (Phi) is 7.94. The summed E-state index contributed by atoms with van der Waals surface area (Å²) in [6, 6.07) is 66.7. The van der Waals surface area contributed by atoms with Crippen LogP contribution in [-0.4, -0.2) is 6.85 Å². The van der Waals surface area contributed by atoms with Crippen LogP contribution in [0.2, 0.25) is 0 Å². The average Bonchev–Trinajstić information content (AvgIpc) is 3.32. The molecule has 5 heteroatoms. The molecule has 0 saturated heterocycles. The molecule has 4 aliphatic heterocycles. The molecule has 4 nitrogen and oxygen atoms in total. The molecular formula is C57H43BN4. The summed E-state index contributed by atoms with van der Waals surface area (Å²) in [5.74, 6) is 0. The van der Waals surface area contributed by atoms with Crippen LogP contribution in [0.15, 0.2) is 219 Å². The van der Waals surface area contributed by atoms with Gasteiger partial charge in [0.05, 0.1) is 0 Å². The largest absolute Gasteiger partial charge is 0.375 e. The van der Waals surface area contributed by atoms with E-state index < -0.39 is 5.41 Å². The third-order valence-corrected chi connectivity index (χ3v) is 13.4. The molecule has 62 heavy (non-hydrogen) atoms. The number of nitrogens with zero attached hydrogens (tertiary/aromatic N) is 4. The van der Waals surface area contributed by atoms with E-state index in [1.165, 1.54) is 67.1 Å². The third-order valence-electron chi connectivity index (χ3n) is 13.4. The molecule has 0 aliphatic carbocycles. The van der Waals surface area contributed by atoms with Crippen molar-refractivity contribution in [2.24, 2.45) is 0 Å². The van der Waals surface area contributed by atoms with Gasteiger partial charge in [-0.25, -0.2) is 0 Å². The SMILES string of the molecule is C=C/C=C(\C=C)N(c1ccccc1)c1cc2c3c(c1)C(C)(C)c1cc(N(c4ccccc4)c4ccccc4)cc4c1N3B1c3c-2cccc3N(c2ccccc2)c2cccc-4c21. The monoisotopic (exact) mass is 794 g/mol. The molecule has 0 amide bonds. The highest BCUT2D eigenvalue weighted by Gasteiger charge is 2.54. The molecular weight excluding hydrogens is 751 g/mol. The fourth-order valence-corrected chi connectivity index (χ4v) is 10.8. The lowest BCUT2D eigenvalue weighted by Crippen LogP contribution is -2.65. The highest BCUT2D eigenvalue weighted by atomic mass is 15.2. The van der Waals surface area contributed by atoms with Crippen LogP contribution < -0.4 is 30.4 Å². The third kappa shape index (κ3) is 5.02. The molecule has 0 saturated carbocycles. The molecule has 8 aromatic carbocycles. The first-order valence-corrected chi connectivity index (χ1v) is 21.5. The Labute approximate surface area is 364 Å². The number of benzene rings is 8. The number of para-hydroxylation sites is 4. The van der Waals surface area contributed by atoms with E-state index in [1.54, 1.807) is 0 Å². The maximum Gasteiger partial charge on any atom is 0.333 e. The topological polar surface area (TPSA) is 13.0 Å². The number of rotatable bonds is 9. The smallest absolute Gasteiger partial charge is 0.333 e. The summed E-state index contributed by atoms with van der Waals surface area (Å²) in [4.78, 5) is 9.96. The van der Waals surface area contributed by atoms with Crippen LogP contribution in [0.4, 0.5) is 56.9 Å². The summed E-state index contributed by atoms with van der Waals surface area (Å²) in [7, 11) is 0. The average molecular weight is 795 g/mol. The van der Waals surface area contributed by atoms with E-state index in [0.717, 1.165) is 39.8 Å².